The molecule has 0 aliphatic heterocycles. The number of thiazole rings is 1. The number of carbonyl (C=O) groups excluding carboxylic acids is 2. The van der Waals surface area contributed by atoms with Crippen LogP contribution >= 0.6 is 11.3 Å². The van der Waals surface area contributed by atoms with Crippen molar-refractivity contribution in [3.8, 4) is 0 Å². The minimum atomic E-state index is -4.53. The molecule has 0 N–H and O–H groups in total. The fourth-order valence-corrected chi connectivity index (χ4v) is 3.68. The number of carbonyl (C=O) groups is 2. The van der Waals surface area contributed by atoms with E-state index in [2.05, 4.69) is 4.98 Å². The van der Waals surface area contributed by atoms with Crippen LogP contribution in [0.3, 0.4) is 0 Å². The second-order valence-electron chi connectivity index (χ2n) is 6.90. The van der Waals surface area contributed by atoms with Gasteiger partial charge in [0.15, 0.2) is 5.13 Å². The number of benzene rings is 2. The molecule has 3 rings (SSSR count). The van der Waals surface area contributed by atoms with E-state index < -0.39 is 23.6 Å². The van der Waals surface area contributed by atoms with Crippen molar-refractivity contribution < 1.29 is 27.5 Å². The Bertz CT molecular complexity index is 1130. The third-order valence-electron chi connectivity index (χ3n) is 4.57. The summed E-state index contributed by atoms with van der Waals surface area (Å²) in [5.74, 6) is -1.01. The smallest absolute Gasteiger partial charge is 0.416 e. The number of anilines is 2. The Morgan fingerprint density at radius 3 is 2.48 bits per heavy atom. The standard InChI is InChI=1S/C22H19F3N2O3S/c1-13-7-8-16(9-14(13)2)20(29)30-11-18-12-31-21(26-18)27(15(3)28)19-6-4-5-17(10-19)22(23,24)25/h4-10,12H,11H2,1-3H3. The van der Waals surface area contributed by atoms with E-state index in [0.29, 0.717) is 11.3 Å². The van der Waals surface area contributed by atoms with Gasteiger partial charge in [-0.1, -0.05) is 12.1 Å². The van der Waals surface area contributed by atoms with Crippen LogP contribution in [0.1, 0.15) is 39.7 Å². The molecule has 3 aromatic rings. The average Bonchev–Trinajstić information content (AvgIpc) is 3.16. The summed E-state index contributed by atoms with van der Waals surface area (Å²) in [4.78, 5) is 29.8. The molecule has 162 valence electrons. The number of nitrogens with zero attached hydrogens (tertiary/aromatic N) is 2. The first-order valence-electron chi connectivity index (χ1n) is 9.23. The van der Waals surface area contributed by atoms with Crippen molar-refractivity contribution >= 4 is 34.0 Å². The zero-order valence-electron chi connectivity index (χ0n) is 17.0. The summed E-state index contributed by atoms with van der Waals surface area (Å²) in [6.45, 7) is 4.94. The summed E-state index contributed by atoms with van der Waals surface area (Å²) in [5, 5.41) is 1.77. The molecule has 1 amide bonds. The molecule has 2 aromatic carbocycles. The quantitative estimate of drug-likeness (QED) is 0.462. The number of ether oxygens (including phenoxy) is 1. The van der Waals surface area contributed by atoms with E-state index in [-0.39, 0.29) is 17.4 Å². The first kappa shape index (κ1) is 22.5. The first-order chi connectivity index (χ1) is 14.6. The Morgan fingerprint density at radius 1 is 1.10 bits per heavy atom. The van der Waals surface area contributed by atoms with Crippen LogP contribution < -0.4 is 4.90 Å². The molecule has 0 unspecified atom stereocenters. The summed E-state index contributed by atoms with van der Waals surface area (Å²) in [6, 6.07) is 9.68. The third kappa shape index (κ3) is 5.29. The van der Waals surface area contributed by atoms with E-state index in [0.717, 1.165) is 39.5 Å². The topological polar surface area (TPSA) is 59.5 Å². The molecule has 0 fully saturated rings. The summed E-state index contributed by atoms with van der Waals surface area (Å²) in [6.07, 6.45) is -4.53. The van der Waals surface area contributed by atoms with Gasteiger partial charge in [0.1, 0.15) is 6.61 Å². The number of rotatable bonds is 5. The number of alkyl halides is 3. The van der Waals surface area contributed by atoms with E-state index in [1.54, 1.807) is 17.5 Å². The summed E-state index contributed by atoms with van der Waals surface area (Å²) in [7, 11) is 0. The molecule has 0 aliphatic rings. The van der Waals surface area contributed by atoms with Gasteiger partial charge in [-0.25, -0.2) is 9.78 Å². The molecule has 9 heteroatoms. The normalized spacial score (nSPS) is 11.3. The van der Waals surface area contributed by atoms with Gasteiger partial charge in [0.2, 0.25) is 5.91 Å². The van der Waals surface area contributed by atoms with Crippen LogP contribution in [-0.4, -0.2) is 16.9 Å². The number of halogens is 3. The second kappa shape index (κ2) is 8.89. The minimum Gasteiger partial charge on any atom is -0.456 e. The lowest BCUT2D eigenvalue weighted by atomic mass is 10.1. The van der Waals surface area contributed by atoms with E-state index in [1.165, 1.54) is 19.1 Å². The number of esters is 1. The summed E-state index contributed by atoms with van der Waals surface area (Å²) < 4.78 is 44.4. The van der Waals surface area contributed by atoms with Gasteiger partial charge in [-0.2, -0.15) is 13.2 Å². The van der Waals surface area contributed by atoms with Crippen molar-refractivity contribution in [1.82, 2.24) is 4.98 Å². The van der Waals surface area contributed by atoms with E-state index >= 15 is 0 Å². The Labute approximate surface area is 181 Å². The second-order valence-corrected chi connectivity index (χ2v) is 7.74. The molecular weight excluding hydrogens is 429 g/mol. The maximum Gasteiger partial charge on any atom is 0.416 e. The van der Waals surface area contributed by atoms with Crippen molar-refractivity contribution in [1.29, 1.82) is 0 Å². The number of aromatic nitrogens is 1. The first-order valence-corrected chi connectivity index (χ1v) is 10.1. The molecule has 0 spiro atoms. The fraction of sp³-hybridized carbons (Fsp3) is 0.227. The van der Waals surface area contributed by atoms with Gasteiger partial charge in [-0.05, 0) is 55.3 Å². The van der Waals surface area contributed by atoms with Gasteiger partial charge in [0.25, 0.3) is 0 Å². The maximum atomic E-state index is 13.0. The molecule has 0 aliphatic carbocycles. The molecule has 31 heavy (non-hydrogen) atoms. The SMILES string of the molecule is CC(=O)N(c1cccc(C(F)(F)F)c1)c1nc(COC(=O)c2ccc(C)c(C)c2)cs1. The Morgan fingerprint density at radius 2 is 1.84 bits per heavy atom. The van der Waals surface area contributed by atoms with Gasteiger partial charge in [0, 0.05) is 12.3 Å². The molecule has 0 bridgehead atoms. The monoisotopic (exact) mass is 448 g/mol. The van der Waals surface area contributed by atoms with Crippen LogP contribution in [-0.2, 0) is 22.3 Å². The van der Waals surface area contributed by atoms with Gasteiger partial charge in [0.05, 0.1) is 22.5 Å². The highest BCUT2D eigenvalue weighted by molar-refractivity contribution is 7.14. The van der Waals surface area contributed by atoms with Gasteiger partial charge < -0.3 is 4.74 Å². The van der Waals surface area contributed by atoms with Crippen LogP contribution in [0.15, 0.2) is 47.8 Å². The highest BCUT2D eigenvalue weighted by Gasteiger charge is 2.31. The third-order valence-corrected chi connectivity index (χ3v) is 5.45. The van der Waals surface area contributed by atoms with Crippen molar-refractivity contribution in [3.05, 3.63) is 75.8 Å². The predicted molar refractivity (Wildman–Crippen MR) is 111 cm³/mol. The maximum absolute atomic E-state index is 13.0. The van der Waals surface area contributed by atoms with Crippen LogP contribution in [0.5, 0.6) is 0 Å². The van der Waals surface area contributed by atoms with E-state index in [4.69, 9.17) is 4.74 Å². The average molecular weight is 448 g/mol. The largest absolute Gasteiger partial charge is 0.456 e. The van der Waals surface area contributed by atoms with Crippen LogP contribution in [0, 0.1) is 13.8 Å². The van der Waals surface area contributed by atoms with Crippen molar-refractivity contribution in [2.45, 2.75) is 33.6 Å². The zero-order chi connectivity index (χ0) is 22.8. The molecule has 0 saturated carbocycles. The van der Waals surface area contributed by atoms with Gasteiger partial charge in [-0.15, -0.1) is 11.3 Å². The molecule has 0 saturated heterocycles. The van der Waals surface area contributed by atoms with Crippen molar-refractivity contribution in [3.63, 3.8) is 0 Å². The Kier molecular flexibility index (Phi) is 6.45. The van der Waals surface area contributed by atoms with E-state index in [1.807, 2.05) is 19.9 Å². The van der Waals surface area contributed by atoms with Gasteiger partial charge in [-0.3, -0.25) is 9.69 Å². The van der Waals surface area contributed by atoms with Crippen molar-refractivity contribution in [2.24, 2.45) is 0 Å². The summed E-state index contributed by atoms with van der Waals surface area (Å²) >= 11 is 1.07. The highest BCUT2D eigenvalue weighted by Crippen LogP contribution is 2.35. The molecular formula is C22H19F3N2O3S. The van der Waals surface area contributed by atoms with Crippen LogP contribution in [0.25, 0.3) is 0 Å². The fourth-order valence-electron chi connectivity index (χ4n) is 2.80. The van der Waals surface area contributed by atoms with E-state index in [9.17, 15) is 22.8 Å². The van der Waals surface area contributed by atoms with Gasteiger partial charge >= 0.3 is 12.1 Å². The lowest BCUT2D eigenvalue weighted by molar-refractivity contribution is -0.137. The molecule has 0 atom stereocenters. The Hall–Kier alpha value is -3.20. The van der Waals surface area contributed by atoms with Crippen LogP contribution in [0.2, 0.25) is 0 Å². The number of aryl methyl sites for hydroxylation is 2. The number of hydrogen-bond acceptors (Lipinski definition) is 5. The molecule has 5 nitrogen and oxygen atoms in total. The lowest BCUT2D eigenvalue weighted by Gasteiger charge is -2.19. The minimum absolute atomic E-state index is 0.0513. The predicted octanol–water partition coefficient (Wildman–Crippen LogP) is 5.82. The highest BCUT2D eigenvalue weighted by atomic mass is 32.1. The van der Waals surface area contributed by atoms with Crippen molar-refractivity contribution in [2.75, 3.05) is 4.90 Å². The molecule has 1 heterocycles. The molecule has 0 radical (unpaired) electrons. The van der Waals surface area contributed by atoms with Crippen LogP contribution in [0.4, 0.5) is 24.0 Å². The Balaban J connectivity index is 1.77. The molecule has 1 aromatic heterocycles. The number of hydrogen-bond donors (Lipinski definition) is 0. The number of amides is 1. The lowest BCUT2D eigenvalue weighted by Crippen LogP contribution is -2.23. The zero-order valence-corrected chi connectivity index (χ0v) is 17.8. The summed E-state index contributed by atoms with van der Waals surface area (Å²) in [5.41, 5.74) is 2.00.